The van der Waals surface area contributed by atoms with Crippen LogP contribution in [0.25, 0.3) is 11.4 Å². The van der Waals surface area contributed by atoms with Crippen molar-refractivity contribution in [2.75, 3.05) is 5.75 Å². The maximum absolute atomic E-state index is 11.9. The molecule has 0 fully saturated rings. The van der Waals surface area contributed by atoms with Crippen molar-refractivity contribution in [2.45, 2.75) is 18.6 Å². The first kappa shape index (κ1) is 18.4. The van der Waals surface area contributed by atoms with E-state index in [4.69, 9.17) is 4.42 Å². The van der Waals surface area contributed by atoms with Gasteiger partial charge in [-0.05, 0) is 31.2 Å². The molecule has 0 bridgehead atoms. The molecular formula is C17H16BrN5O2S. The molecule has 2 heterocycles. The zero-order chi connectivity index (χ0) is 18.4. The van der Waals surface area contributed by atoms with Crippen LogP contribution in [0.15, 0.2) is 61.8 Å². The molecule has 0 atom stereocenters. The minimum absolute atomic E-state index is 0.188. The second kappa shape index (κ2) is 8.81. The number of benzene rings is 1. The first-order valence-corrected chi connectivity index (χ1v) is 9.62. The number of aromatic nitrogens is 3. The van der Waals surface area contributed by atoms with Crippen LogP contribution < -0.4 is 5.43 Å². The molecule has 0 spiro atoms. The maximum atomic E-state index is 11.9. The number of nitrogens with zero attached hydrogens (tertiary/aromatic N) is 4. The van der Waals surface area contributed by atoms with Gasteiger partial charge in [-0.15, -0.1) is 10.2 Å². The van der Waals surface area contributed by atoms with Gasteiger partial charge in [0, 0.05) is 16.6 Å². The van der Waals surface area contributed by atoms with Crippen molar-refractivity contribution in [1.29, 1.82) is 0 Å². The summed E-state index contributed by atoms with van der Waals surface area (Å²) in [5, 5.41) is 13.0. The lowest BCUT2D eigenvalue weighted by atomic mass is 10.2. The molecule has 0 unspecified atom stereocenters. The quantitative estimate of drug-likeness (QED) is 0.349. The van der Waals surface area contributed by atoms with Crippen LogP contribution in [0, 0.1) is 0 Å². The average Bonchev–Trinajstić information content (AvgIpc) is 3.30. The summed E-state index contributed by atoms with van der Waals surface area (Å²) in [6, 6.07) is 11.4. The van der Waals surface area contributed by atoms with E-state index < -0.39 is 0 Å². The van der Waals surface area contributed by atoms with Gasteiger partial charge < -0.3 is 8.98 Å². The molecule has 7 nitrogen and oxygen atoms in total. The van der Waals surface area contributed by atoms with E-state index in [2.05, 4.69) is 36.7 Å². The van der Waals surface area contributed by atoms with E-state index in [-0.39, 0.29) is 11.7 Å². The third kappa shape index (κ3) is 4.61. The van der Waals surface area contributed by atoms with Crippen molar-refractivity contribution < 1.29 is 9.21 Å². The predicted octanol–water partition coefficient (Wildman–Crippen LogP) is 3.56. The summed E-state index contributed by atoms with van der Waals surface area (Å²) in [6.07, 6.45) is 2.99. The normalized spacial score (nSPS) is 11.2. The molecule has 0 radical (unpaired) electrons. The van der Waals surface area contributed by atoms with E-state index in [1.807, 2.05) is 35.8 Å². The highest BCUT2D eigenvalue weighted by molar-refractivity contribution is 9.10. The number of carbonyl (C=O) groups is 1. The summed E-state index contributed by atoms with van der Waals surface area (Å²) >= 11 is 4.74. The second-order valence-corrected chi connectivity index (χ2v) is 7.01. The standard InChI is InChI=1S/C17H16BrN5O2S/c1-2-23-16(12-5-7-13(18)8-6-12)21-22-17(23)26-11-15(24)20-19-10-14-4-3-9-25-14/h3-10H,2,11H2,1H3,(H,20,24)/b19-10+. The molecule has 3 aromatic rings. The Bertz CT molecular complexity index is 891. The largest absolute Gasteiger partial charge is 0.463 e. The molecular weight excluding hydrogens is 418 g/mol. The molecule has 134 valence electrons. The van der Waals surface area contributed by atoms with Crippen molar-refractivity contribution in [3.8, 4) is 11.4 Å². The van der Waals surface area contributed by atoms with Gasteiger partial charge in [-0.1, -0.05) is 39.8 Å². The minimum Gasteiger partial charge on any atom is -0.463 e. The number of rotatable bonds is 7. The second-order valence-electron chi connectivity index (χ2n) is 5.15. The van der Waals surface area contributed by atoms with Crippen LogP contribution in [0.2, 0.25) is 0 Å². The average molecular weight is 434 g/mol. The van der Waals surface area contributed by atoms with Crippen molar-refractivity contribution >= 4 is 39.8 Å². The molecule has 9 heteroatoms. The Labute approximate surface area is 163 Å². The molecule has 1 aromatic carbocycles. The SMILES string of the molecule is CCn1c(SCC(=O)N/N=C/c2ccco2)nnc1-c1ccc(Br)cc1. The van der Waals surface area contributed by atoms with E-state index in [1.165, 1.54) is 18.0 Å². The number of hydrazone groups is 1. The highest BCUT2D eigenvalue weighted by atomic mass is 79.9. The fraction of sp³-hybridized carbons (Fsp3) is 0.176. The number of thioether (sulfide) groups is 1. The van der Waals surface area contributed by atoms with Crippen molar-refractivity contribution in [3.63, 3.8) is 0 Å². The smallest absolute Gasteiger partial charge is 0.250 e. The lowest BCUT2D eigenvalue weighted by Gasteiger charge is -2.07. The fourth-order valence-electron chi connectivity index (χ4n) is 2.19. The predicted molar refractivity (Wildman–Crippen MR) is 104 cm³/mol. The van der Waals surface area contributed by atoms with Gasteiger partial charge in [0.05, 0.1) is 18.2 Å². The molecule has 26 heavy (non-hydrogen) atoms. The summed E-state index contributed by atoms with van der Waals surface area (Å²) in [5.74, 6) is 1.31. The van der Waals surface area contributed by atoms with Gasteiger partial charge >= 0.3 is 0 Å². The van der Waals surface area contributed by atoms with Crippen LogP contribution in [-0.2, 0) is 11.3 Å². The Hall–Kier alpha value is -2.39. The number of nitrogens with one attached hydrogen (secondary N) is 1. The number of furan rings is 1. The molecule has 1 amide bonds. The monoisotopic (exact) mass is 433 g/mol. The summed E-state index contributed by atoms with van der Waals surface area (Å²) in [6.45, 7) is 2.72. The summed E-state index contributed by atoms with van der Waals surface area (Å²) in [4.78, 5) is 11.9. The Morgan fingerprint density at radius 3 is 2.85 bits per heavy atom. The lowest BCUT2D eigenvalue weighted by Crippen LogP contribution is -2.20. The first-order chi connectivity index (χ1) is 12.7. The number of amides is 1. The highest BCUT2D eigenvalue weighted by Gasteiger charge is 2.14. The van der Waals surface area contributed by atoms with Crippen molar-refractivity contribution in [3.05, 3.63) is 52.9 Å². The molecule has 2 aromatic heterocycles. The molecule has 0 saturated heterocycles. The molecule has 0 aliphatic rings. The van der Waals surface area contributed by atoms with E-state index in [9.17, 15) is 4.79 Å². The zero-order valence-electron chi connectivity index (χ0n) is 13.9. The summed E-state index contributed by atoms with van der Waals surface area (Å²) < 4.78 is 8.08. The van der Waals surface area contributed by atoms with E-state index in [0.717, 1.165) is 15.9 Å². The van der Waals surface area contributed by atoms with Crippen molar-refractivity contribution in [1.82, 2.24) is 20.2 Å². The number of carbonyl (C=O) groups excluding carboxylic acids is 1. The third-order valence-corrected chi connectivity index (χ3v) is 4.89. The van der Waals surface area contributed by atoms with Gasteiger partial charge in [0.2, 0.25) is 0 Å². The summed E-state index contributed by atoms with van der Waals surface area (Å²) in [7, 11) is 0. The van der Waals surface area contributed by atoms with Crippen LogP contribution in [0.5, 0.6) is 0 Å². The number of hydrogen-bond acceptors (Lipinski definition) is 6. The fourth-order valence-corrected chi connectivity index (χ4v) is 3.25. The van der Waals surface area contributed by atoms with Gasteiger partial charge in [-0.2, -0.15) is 5.10 Å². The van der Waals surface area contributed by atoms with Gasteiger partial charge in [-0.3, -0.25) is 4.79 Å². The molecule has 3 rings (SSSR count). The Balaban J connectivity index is 1.61. The van der Waals surface area contributed by atoms with Gasteiger partial charge in [-0.25, -0.2) is 5.43 Å². The van der Waals surface area contributed by atoms with Crippen LogP contribution in [0.3, 0.4) is 0 Å². The molecule has 0 aliphatic carbocycles. The van der Waals surface area contributed by atoms with Gasteiger partial charge in [0.15, 0.2) is 11.0 Å². The Morgan fingerprint density at radius 1 is 1.35 bits per heavy atom. The molecule has 0 saturated carbocycles. The maximum Gasteiger partial charge on any atom is 0.250 e. The zero-order valence-corrected chi connectivity index (χ0v) is 16.3. The lowest BCUT2D eigenvalue weighted by molar-refractivity contribution is -0.118. The van der Waals surface area contributed by atoms with Gasteiger partial charge in [0.25, 0.3) is 5.91 Å². The Morgan fingerprint density at radius 2 is 2.15 bits per heavy atom. The van der Waals surface area contributed by atoms with Gasteiger partial charge in [0.1, 0.15) is 5.76 Å². The minimum atomic E-state index is -0.228. The molecule has 0 aliphatic heterocycles. The summed E-state index contributed by atoms with van der Waals surface area (Å²) in [5.41, 5.74) is 3.43. The van der Waals surface area contributed by atoms with Crippen LogP contribution in [0.1, 0.15) is 12.7 Å². The topological polar surface area (TPSA) is 85.3 Å². The number of hydrogen-bond donors (Lipinski definition) is 1. The van der Waals surface area contributed by atoms with E-state index in [1.54, 1.807) is 18.4 Å². The number of halogens is 1. The van der Waals surface area contributed by atoms with E-state index in [0.29, 0.717) is 17.5 Å². The highest BCUT2D eigenvalue weighted by Crippen LogP contribution is 2.25. The van der Waals surface area contributed by atoms with Crippen molar-refractivity contribution in [2.24, 2.45) is 5.10 Å². The van der Waals surface area contributed by atoms with E-state index >= 15 is 0 Å². The van der Waals surface area contributed by atoms with Crippen LogP contribution in [-0.4, -0.2) is 32.6 Å². The molecule has 1 N–H and O–H groups in total. The Kier molecular flexibility index (Phi) is 6.24. The van der Waals surface area contributed by atoms with Crippen LogP contribution in [0.4, 0.5) is 0 Å². The first-order valence-electron chi connectivity index (χ1n) is 7.84. The van der Waals surface area contributed by atoms with Crippen LogP contribution >= 0.6 is 27.7 Å². The third-order valence-electron chi connectivity index (χ3n) is 3.39.